The standard InChI is InChI=1S/C26H23N3O4/c30-23(20-10-4-1-5-11-20)16-18-32-25-27-28-26(29(25)22-14-8-3-9-15-22)33-19-17-24(31)21-12-6-2-7-13-21/h1-15H,16-19H2. The third-order valence-corrected chi connectivity index (χ3v) is 4.93. The van der Waals surface area contributed by atoms with Gasteiger partial charge in [-0.3, -0.25) is 9.59 Å². The van der Waals surface area contributed by atoms with Gasteiger partial charge in [0.05, 0.1) is 18.9 Å². The first-order valence-corrected chi connectivity index (χ1v) is 10.7. The van der Waals surface area contributed by atoms with E-state index in [0.29, 0.717) is 11.1 Å². The lowest BCUT2D eigenvalue weighted by Crippen LogP contribution is -2.11. The molecule has 4 aromatic rings. The van der Waals surface area contributed by atoms with Crippen LogP contribution in [0.5, 0.6) is 12.0 Å². The molecule has 0 bridgehead atoms. The Labute approximate surface area is 191 Å². The molecule has 1 aromatic heterocycles. The largest absolute Gasteiger partial charge is 0.463 e. The van der Waals surface area contributed by atoms with Gasteiger partial charge in [-0.1, -0.05) is 89.1 Å². The summed E-state index contributed by atoms with van der Waals surface area (Å²) in [5, 5.41) is 8.18. The first kappa shape index (κ1) is 22.0. The molecule has 7 heteroatoms. The van der Waals surface area contributed by atoms with Gasteiger partial charge in [0.25, 0.3) is 0 Å². The molecule has 0 saturated carbocycles. The minimum Gasteiger partial charge on any atom is -0.463 e. The number of Topliss-reactive ketones (excluding diaryl/α,β-unsaturated/α-hetero) is 2. The van der Waals surface area contributed by atoms with E-state index in [1.165, 1.54) is 0 Å². The second-order valence-corrected chi connectivity index (χ2v) is 7.21. The van der Waals surface area contributed by atoms with E-state index in [1.807, 2.05) is 66.7 Å². The highest BCUT2D eigenvalue weighted by Gasteiger charge is 2.18. The van der Waals surface area contributed by atoms with Crippen molar-refractivity contribution in [3.63, 3.8) is 0 Å². The lowest BCUT2D eigenvalue weighted by atomic mass is 10.1. The number of hydrogen-bond donors (Lipinski definition) is 0. The van der Waals surface area contributed by atoms with Crippen molar-refractivity contribution < 1.29 is 19.1 Å². The molecule has 33 heavy (non-hydrogen) atoms. The number of benzene rings is 3. The highest BCUT2D eigenvalue weighted by molar-refractivity contribution is 5.96. The van der Waals surface area contributed by atoms with Gasteiger partial charge in [0, 0.05) is 24.0 Å². The summed E-state index contributed by atoms with van der Waals surface area (Å²) in [7, 11) is 0. The molecule has 0 aliphatic heterocycles. The van der Waals surface area contributed by atoms with Crippen LogP contribution < -0.4 is 9.47 Å². The van der Waals surface area contributed by atoms with Crippen molar-refractivity contribution in [2.24, 2.45) is 0 Å². The number of carbonyl (C=O) groups excluding carboxylic acids is 2. The molecule has 1 heterocycles. The van der Waals surface area contributed by atoms with E-state index < -0.39 is 0 Å². The monoisotopic (exact) mass is 441 g/mol. The van der Waals surface area contributed by atoms with Crippen LogP contribution in [0.4, 0.5) is 0 Å². The molecule has 0 fully saturated rings. The molecular weight excluding hydrogens is 418 g/mol. The summed E-state index contributed by atoms with van der Waals surface area (Å²) < 4.78 is 13.2. The zero-order valence-electron chi connectivity index (χ0n) is 18.0. The summed E-state index contributed by atoms with van der Waals surface area (Å²) >= 11 is 0. The molecule has 0 atom stereocenters. The van der Waals surface area contributed by atoms with Gasteiger partial charge in [0.15, 0.2) is 11.6 Å². The topological polar surface area (TPSA) is 83.3 Å². The van der Waals surface area contributed by atoms with Gasteiger partial charge in [-0.2, -0.15) is 0 Å². The maximum atomic E-state index is 12.3. The number of ether oxygens (including phenoxy) is 2. The molecule has 0 unspecified atom stereocenters. The van der Waals surface area contributed by atoms with Crippen LogP contribution in [-0.2, 0) is 0 Å². The van der Waals surface area contributed by atoms with Crippen LogP contribution in [-0.4, -0.2) is 39.5 Å². The van der Waals surface area contributed by atoms with E-state index in [0.717, 1.165) is 5.69 Å². The highest BCUT2D eigenvalue weighted by Crippen LogP contribution is 2.24. The maximum absolute atomic E-state index is 12.3. The SMILES string of the molecule is O=C(CCOc1nnc(OCCC(=O)c2ccccc2)n1-c1ccccc1)c1ccccc1. The number of para-hydroxylation sites is 1. The lowest BCUT2D eigenvalue weighted by molar-refractivity contribution is 0.0953. The van der Waals surface area contributed by atoms with Crippen LogP contribution in [0.25, 0.3) is 5.69 Å². The fourth-order valence-corrected chi connectivity index (χ4v) is 3.25. The Morgan fingerprint density at radius 1 is 0.606 bits per heavy atom. The smallest absolute Gasteiger partial charge is 0.324 e. The summed E-state index contributed by atoms with van der Waals surface area (Å²) in [4.78, 5) is 24.7. The first-order valence-electron chi connectivity index (χ1n) is 10.7. The van der Waals surface area contributed by atoms with E-state index in [2.05, 4.69) is 10.2 Å². The zero-order valence-corrected chi connectivity index (χ0v) is 18.0. The number of hydrogen-bond acceptors (Lipinski definition) is 6. The van der Waals surface area contributed by atoms with Gasteiger partial charge >= 0.3 is 12.0 Å². The van der Waals surface area contributed by atoms with Crippen LogP contribution in [0.15, 0.2) is 91.0 Å². The first-order chi connectivity index (χ1) is 16.2. The predicted octanol–water partition coefficient (Wildman–Crippen LogP) is 4.57. The molecule has 0 radical (unpaired) electrons. The van der Waals surface area contributed by atoms with E-state index in [-0.39, 0.29) is 49.6 Å². The quantitative estimate of drug-likeness (QED) is 0.317. The Hall–Kier alpha value is -4.26. The number of aromatic nitrogens is 3. The zero-order chi connectivity index (χ0) is 22.9. The minimum absolute atomic E-state index is 0.0164. The van der Waals surface area contributed by atoms with Crippen LogP contribution in [0.1, 0.15) is 33.6 Å². The lowest BCUT2D eigenvalue weighted by Gasteiger charge is -2.11. The molecule has 0 saturated heterocycles. The summed E-state index contributed by atoms with van der Waals surface area (Å²) in [6.07, 6.45) is 0.404. The average molecular weight is 441 g/mol. The average Bonchev–Trinajstić information content (AvgIpc) is 3.28. The third kappa shape index (κ3) is 5.71. The fraction of sp³-hybridized carbons (Fsp3) is 0.154. The normalized spacial score (nSPS) is 10.5. The van der Waals surface area contributed by atoms with Gasteiger partial charge < -0.3 is 9.47 Å². The summed E-state index contributed by atoms with van der Waals surface area (Å²) in [6, 6.07) is 27.9. The van der Waals surface area contributed by atoms with Crippen LogP contribution >= 0.6 is 0 Å². The van der Waals surface area contributed by atoms with Gasteiger partial charge in [-0.25, -0.2) is 4.57 Å². The molecule has 0 N–H and O–H groups in total. The molecule has 0 amide bonds. The van der Waals surface area contributed by atoms with Crippen molar-refractivity contribution in [2.45, 2.75) is 12.8 Å². The van der Waals surface area contributed by atoms with E-state index in [9.17, 15) is 9.59 Å². The number of nitrogens with zero attached hydrogens (tertiary/aromatic N) is 3. The third-order valence-electron chi connectivity index (χ3n) is 4.93. The summed E-state index contributed by atoms with van der Waals surface area (Å²) in [5.41, 5.74) is 2.02. The van der Waals surface area contributed by atoms with Crippen molar-refractivity contribution in [1.82, 2.24) is 14.8 Å². The molecule has 4 rings (SSSR count). The van der Waals surface area contributed by atoms with Crippen molar-refractivity contribution in [1.29, 1.82) is 0 Å². The minimum atomic E-state index is -0.0164. The van der Waals surface area contributed by atoms with Crippen molar-refractivity contribution in [3.05, 3.63) is 102 Å². The second-order valence-electron chi connectivity index (χ2n) is 7.21. The Kier molecular flexibility index (Phi) is 7.22. The van der Waals surface area contributed by atoms with Gasteiger partial charge in [0.2, 0.25) is 0 Å². The van der Waals surface area contributed by atoms with Crippen molar-refractivity contribution in [3.8, 4) is 17.7 Å². The molecule has 7 nitrogen and oxygen atoms in total. The summed E-state index contributed by atoms with van der Waals surface area (Å²) in [6.45, 7) is 0.288. The Morgan fingerprint density at radius 3 is 1.42 bits per heavy atom. The highest BCUT2D eigenvalue weighted by atomic mass is 16.5. The molecule has 0 aliphatic rings. The van der Waals surface area contributed by atoms with Gasteiger partial charge in [-0.15, -0.1) is 0 Å². The van der Waals surface area contributed by atoms with Crippen LogP contribution in [0.3, 0.4) is 0 Å². The van der Waals surface area contributed by atoms with Gasteiger partial charge in [-0.05, 0) is 12.1 Å². The van der Waals surface area contributed by atoms with Crippen LogP contribution in [0.2, 0.25) is 0 Å². The van der Waals surface area contributed by atoms with Gasteiger partial charge in [0.1, 0.15) is 0 Å². The Morgan fingerprint density at radius 2 is 1.00 bits per heavy atom. The predicted molar refractivity (Wildman–Crippen MR) is 123 cm³/mol. The van der Waals surface area contributed by atoms with Crippen molar-refractivity contribution >= 4 is 11.6 Å². The number of rotatable bonds is 11. The maximum Gasteiger partial charge on any atom is 0.324 e. The van der Waals surface area contributed by atoms with Crippen LogP contribution in [0, 0.1) is 0 Å². The van der Waals surface area contributed by atoms with E-state index in [1.54, 1.807) is 28.8 Å². The number of carbonyl (C=O) groups is 2. The molecule has 166 valence electrons. The molecule has 0 spiro atoms. The second kappa shape index (κ2) is 10.9. The summed E-state index contributed by atoms with van der Waals surface area (Å²) in [5.74, 6) is -0.0328. The molecule has 0 aliphatic carbocycles. The Balaban J connectivity index is 1.42. The van der Waals surface area contributed by atoms with E-state index >= 15 is 0 Å². The molecular formula is C26H23N3O4. The van der Waals surface area contributed by atoms with E-state index in [4.69, 9.17) is 9.47 Å². The number of ketones is 2. The Bertz CT molecular complexity index is 1120. The van der Waals surface area contributed by atoms with Crippen molar-refractivity contribution in [2.75, 3.05) is 13.2 Å². The molecule has 3 aromatic carbocycles. The fourth-order valence-electron chi connectivity index (χ4n) is 3.25.